The minimum absolute atomic E-state index is 0.213. The second-order valence-electron chi connectivity index (χ2n) is 5.38. The van der Waals surface area contributed by atoms with Crippen LogP contribution in [0.3, 0.4) is 0 Å². The Balaban J connectivity index is 1.71. The standard InChI is InChI=1S/C16H18ClN3O2S/c1-22-14-5-4-12(18-8-13-9-19-16(17)23-13)7-11(14)10-20-6-2-3-15(20)21/h4-5,7,9,18H,2-3,6,8,10H2,1H3. The lowest BCUT2D eigenvalue weighted by Crippen LogP contribution is -2.24. The second-order valence-corrected chi connectivity index (χ2v) is 7.08. The second kappa shape index (κ2) is 7.19. The van der Waals surface area contributed by atoms with Crippen molar-refractivity contribution in [2.24, 2.45) is 0 Å². The predicted molar refractivity (Wildman–Crippen MR) is 92.1 cm³/mol. The van der Waals surface area contributed by atoms with E-state index in [0.717, 1.165) is 34.8 Å². The number of rotatable bonds is 6. The number of methoxy groups -OCH3 is 1. The molecular weight excluding hydrogens is 334 g/mol. The highest BCUT2D eigenvalue weighted by Crippen LogP contribution is 2.26. The molecule has 1 fully saturated rings. The number of likely N-dealkylation sites (tertiary alicyclic amines) is 1. The molecule has 1 aliphatic heterocycles. The topological polar surface area (TPSA) is 54.5 Å². The molecule has 1 saturated heterocycles. The average Bonchev–Trinajstić information content (AvgIpc) is 3.14. The normalized spacial score (nSPS) is 14.3. The molecule has 2 heterocycles. The van der Waals surface area contributed by atoms with E-state index in [1.54, 1.807) is 13.3 Å². The summed E-state index contributed by atoms with van der Waals surface area (Å²) in [4.78, 5) is 18.8. The van der Waals surface area contributed by atoms with Gasteiger partial charge in [0, 0.05) is 41.8 Å². The Hall–Kier alpha value is -1.79. The van der Waals surface area contributed by atoms with Gasteiger partial charge in [0.25, 0.3) is 0 Å². The fourth-order valence-electron chi connectivity index (χ4n) is 2.64. The summed E-state index contributed by atoms with van der Waals surface area (Å²) in [6.07, 6.45) is 3.35. The average molecular weight is 352 g/mol. The molecule has 1 amide bonds. The van der Waals surface area contributed by atoms with Gasteiger partial charge < -0.3 is 15.0 Å². The molecule has 0 aliphatic carbocycles. The molecule has 7 heteroatoms. The Morgan fingerprint density at radius 1 is 1.48 bits per heavy atom. The first-order valence-electron chi connectivity index (χ1n) is 7.44. The van der Waals surface area contributed by atoms with Crippen LogP contribution < -0.4 is 10.1 Å². The van der Waals surface area contributed by atoms with E-state index in [2.05, 4.69) is 10.3 Å². The number of halogens is 1. The van der Waals surface area contributed by atoms with E-state index in [-0.39, 0.29) is 5.91 Å². The van der Waals surface area contributed by atoms with Crippen LogP contribution >= 0.6 is 22.9 Å². The first kappa shape index (κ1) is 16.1. The third kappa shape index (κ3) is 3.95. The number of carbonyl (C=O) groups excluding carboxylic acids is 1. The first-order valence-corrected chi connectivity index (χ1v) is 8.64. The number of thiazole rings is 1. The fraction of sp³-hybridized carbons (Fsp3) is 0.375. The lowest BCUT2D eigenvalue weighted by molar-refractivity contribution is -0.128. The molecule has 2 aromatic rings. The van der Waals surface area contributed by atoms with Gasteiger partial charge in [0.2, 0.25) is 5.91 Å². The summed E-state index contributed by atoms with van der Waals surface area (Å²) in [5, 5.41) is 3.35. The summed E-state index contributed by atoms with van der Waals surface area (Å²) in [6.45, 7) is 2.07. The number of anilines is 1. The predicted octanol–water partition coefficient (Wildman–Crippen LogP) is 3.54. The van der Waals surface area contributed by atoms with Crippen molar-refractivity contribution in [1.82, 2.24) is 9.88 Å². The highest BCUT2D eigenvalue weighted by Gasteiger charge is 2.21. The van der Waals surface area contributed by atoms with Crippen molar-refractivity contribution in [3.05, 3.63) is 39.3 Å². The highest BCUT2D eigenvalue weighted by atomic mass is 35.5. The third-order valence-electron chi connectivity index (χ3n) is 3.81. The van der Waals surface area contributed by atoms with Crippen LogP contribution in [0.5, 0.6) is 5.75 Å². The van der Waals surface area contributed by atoms with Gasteiger partial charge in [-0.1, -0.05) is 11.6 Å². The van der Waals surface area contributed by atoms with Crippen LogP contribution in [0.4, 0.5) is 5.69 Å². The van der Waals surface area contributed by atoms with E-state index < -0.39 is 0 Å². The zero-order chi connectivity index (χ0) is 16.2. The molecule has 0 bridgehead atoms. The molecule has 23 heavy (non-hydrogen) atoms. The van der Waals surface area contributed by atoms with Gasteiger partial charge >= 0.3 is 0 Å². The van der Waals surface area contributed by atoms with Gasteiger partial charge in [0.05, 0.1) is 13.7 Å². The zero-order valence-electron chi connectivity index (χ0n) is 12.8. The molecule has 0 unspecified atom stereocenters. The lowest BCUT2D eigenvalue weighted by Gasteiger charge is -2.18. The van der Waals surface area contributed by atoms with Crippen molar-refractivity contribution < 1.29 is 9.53 Å². The number of aromatic nitrogens is 1. The van der Waals surface area contributed by atoms with E-state index >= 15 is 0 Å². The monoisotopic (exact) mass is 351 g/mol. The van der Waals surface area contributed by atoms with Gasteiger partial charge in [-0.05, 0) is 24.6 Å². The smallest absolute Gasteiger partial charge is 0.222 e. The largest absolute Gasteiger partial charge is 0.496 e. The van der Waals surface area contributed by atoms with Crippen LogP contribution in [0, 0.1) is 0 Å². The van der Waals surface area contributed by atoms with Crippen LogP contribution in [0.15, 0.2) is 24.4 Å². The SMILES string of the molecule is COc1ccc(NCc2cnc(Cl)s2)cc1CN1CCCC1=O. The molecule has 0 radical (unpaired) electrons. The van der Waals surface area contributed by atoms with Crippen LogP contribution in [-0.4, -0.2) is 29.4 Å². The van der Waals surface area contributed by atoms with Gasteiger partial charge in [-0.3, -0.25) is 4.79 Å². The van der Waals surface area contributed by atoms with E-state index in [1.165, 1.54) is 11.3 Å². The summed E-state index contributed by atoms with van der Waals surface area (Å²) in [5.74, 6) is 1.01. The number of nitrogens with one attached hydrogen (secondary N) is 1. The van der Waals surface area contributed by atoms with Gasteiger partial charge in [0.1, 0.15) is 5.75 Å². The summed E-state index contributed by atoms with van der Waals surface area (Å²) < 4.78 is 5.97. The molecule has 122 valence electrons. The highest BCUT2D eigenvalue weighted by molar-refractivity contribution is 7.15. The number of carbonyl (C=O) groups is 1. The molecule has 1 aromatic heterocycles. The van der Waals surface area contributed by atoms with E-state index in [9.17, 15) is 4.79 Å². The van der Waals surface area contributed by atoms with Crippen LogP contribution in [0.1, 0.15) is 23.3 Å². The van der Waals surface area contributed by atoms with Crippen LogP contribution in [0.2, 0.25) is 4.47 Å². The van der Waals surface area contributed by atoms with Crippen LogP contribution in [-0.2, 0) is 17.9 Å². The number of hydrogen-bond acceptors (Lipinski definition) is 5. The maximum absolute atomic E-state index is 11.8. The molecule has 3 rings (SSSR count). The number of hydrogen-bond donors (Lipinski definition) is 1. The lowest BCUT2D eigenvalue weighted by atomic mass is 10.1. The number of ether oxygens (including phenoxy) is 1. The first-order chi connectivity index (χ1) is 11.2. The van der Waals surface area contributed by atoms with Gasteiger partial charge in [-0.25, -0.2) is 4.98 Å². The number of amides is 1. The Morgan fingerprint density at radius 3 is 3.00 bits per heavy atom. The van der Waals surface area contributed by atoms with Crippen molar-refractivity contribution in [2.45, 2.75) is 25.9 Å². The molecule has 0 atom stereocenters. The Morgan fingerprint density at radius 2 is 2.35 bits per heavy atom. The maximum atomic E-state index is 11.8. The fourth-order valence-corrected chi connectivity index (χ4v) is 3.56. The zero-order valence-corrected chi connectivity index (χ0v) is 14.4. The Kier molecular flexibility index (Phi) is 5.03. The Bertz CT molecular complexity index is 704. The summed E-state index contributed by atoms with van der Waals surface area (Å²) in [6, 6.07) is 5.93. The third-order valence-corrected chi connectivity index (χ3v) is 4.92. The van der Waals surface area contributed by atoms with Gasteiger partial charge in [-0.15, -0.1) is 11.3 Å². The van der Waals surface area contributed by atoms with Crippen molar-refractivity contribution in [2.75, 3.05) is 19.0 Å². The van der Waals surface area contributed by atoms with Crippen molar-refractivity contribution in [3.63, 3.8) is 0 Å². The molecule has 1 aliphatic rings. The van der Waals surface area contributed by atoms with Crippen LogP contribution in [0.25, 0.3) is 0 Å². The van der Waals surface area contributed by atoms with Gasteiger partial charge in [-0.2, -0.15) is 0 Å². The minimum atomic E-state index is 0.213. The number of benzene rings is 1. The maximum Gasteiger partial charge on any atom is 0.222 e. The van der Waals surface area contributed by atoms with E-state index in [1.807, 2.05) is 23.1 Å². The van der Waals surface area contributed by atoms with E-state index in [0.29, 0.717) is 24.0 Å². The minimum Gasteiger partial charge on any atom is -0.496 e. The van der Waals surface area contributed by atoms with Crippen molar-refractivity contribution >= 4 is 34.5 Å². The molecule has 1 aromatic carbocycles. The molecule has 0 spiro atoms. The molecule has 5 nitrogen and oxygen atoms in total. The molecule has 1 N–H and O–H groups in total. The quantitative estimate of drug-likeness (QED) is 0.864. The summed E-state index contributed by atoms with van der Waals surface area (Å²) in [5.41, 5.74) is 1.99. The molecular formula is C16H18ClN3O2S. The Labute approximate surface area is 144 Å². The summed E-state index contributed by atoms with van der Waals surface area (Å²) in [7, 11) is 1.65. The number of nitrogens with zero attached hydrogens (tertiary/aromatic N) is 2. The van der Waals surface area contributed by atoms with Crippen molar-refractivity contribution in [1.29, 1.82) is 0 Å². The molecule has 0 saturated carbocycles. The van der Waals surface area contributed by atoms with Crippen molar-refractivity contribution in [3.8, 4) is 5.75 Å². The van der Waals surface area contributed by atoms with E-state index in [4.69, 9.17) is 16.3 Å². The summed E-state index contributed by atoms with van der Waals surface area (Å²) >= 11 is 7.30. The van der Waals surface area contributed by atoms with Gasteiger partial charge in [0.15, 0.2) is 4.47 Å².